The number of hydrogen-bond donors (Lipinski definition) is 2. The van der Waals surface area contributed by atoms with Gasteiger partial charge in [0.25, 0.3) is 0 Å². The van der Waals surface area contributed by atoms with Crippen molar-refractivity contribution < 1.29 is 22.8 Å². The topological polar surface area (TPSA) is 71.1 Å². The molecule has 122 valence electrons. The second-order valence-electron chi connectivity index (χ2n) is 4.58. The maximum Gasteiger partial charge on any atom is 0.243 e. The number of carbonyl (C=O) groups is 2. The van der Waals surface area contributed by atoms with Gasteiger partial charge in [-0.3, -0.25) is 9.59 Å². The van der Waals surface area contributed by atoms with E-state index in [9.17, 15) is 22.8 Å². The standard InChI is InChI=1S/C14H12F3N3O2S/c1-7-19-8(6-23-7)4-11(21)18-5-12(22)20-10-3-2-9(15)13(16)14(10)17/h2-3,6H,4-5H2,1H3,(H,18,21)(H,20,22). The fourth-order valence-electron chi connectivity index (χ4n) is 1.71. The van der Waals surface area contributed by atoms with Gasteiger partial charge in [0.15, 0.2) is 17.5 Å². The highest BCUT2D eigenvalue weighted by atomic mass is 32.1. The highest BCUT2D eigenvalue weighted by molar-refractivity contribution is 7.09. The molecular weight excluding hydrogens is 331 g/mol. The molecule has 0 unspecified atom stereocenters. The number of aromatic nitrogens is 1. The first kappa shape index (κ1) is 16.9. The van der Waals surface area contributed by atoms with Gasteiger partial charge in [0.2, 0.25) is 11.8 Å². The van der Waals surface area contributed by atoms with Gasteiger partial charge in [0.1, 0.15) is 0 Å². The van der Waals surface area contributed by atoms with E-state index in [0.29, 0.717) is 11.8 Å². The number of benzene rings is 1. The van der Waals surface area contributed by atoms with E-state index >= 15 is 0 Å². The molecule has 2 N–H and O–H groups in total. The van der Waals surface area contributed by atoms with Gasteiger partial charge in [-0.05, 0) is 19.1 Å². The summed E-state index contributed by atoms with van der Waals surface area (Å²) < 4.78 is 39.2. The Morgan fingerprint density at radius 3 is 2.57 bits per heavy atom. The molecule has 0 aliphatic rings. The van der Waals surface area contributed by atoms with E-state index in [4.69, 9.17) is 0 Å². The van der Waals surface area contributed by atoms with Crippen molar-refractivity contribution >= 4 is 28.8 Å². The Morgan fingerprint density at radius 2 is 1.91 bits per heavy atom. The van der Waals surface area contributed by atoms with Gasteiger partial charge >= 0.3 is 0 Å². The Hall–Kier alpha value is -2.42. The molecule has 0 saturated heterocycles. The molecule has 1 heterocycles. The van der Waals surface area contributed by atoms with Crippen LogP contribution in [-0.2, 0) is 16.0 Å². The molecule has 0 radical (unpaired) electrons. The number of rotatable bonds is 5. The van der Waals surface area contributed by atoms with Gasteiger partial charge in [0, 0.05) is 5.38 Å². The van der Waals surface area contributed by atoms with Crippen molar-refractivity contribution in [1.29, 1.82) is 0 Å². The Balaban J connectivity index is 1.85. The number of hydrogen-bond acceptors (Lipinski definition) is 4. The second kappa shape index (κ2) is 7.23. The van der Waals surface area contributed by atoms with E-state index < -0.39 is 41.5 Å². The number of thiazole rings is 1. The van der Waals surface area contributed by atoms with Gasteiger partial charge in [-0.1, -0.05) is 0 Å². The van der Waals surface area contributed by atoms with Crippen LogP contribution in [0.1, 0.15) is 10.7 Å². The van der Waals surface area contributed by atoms with E-state index in [1.54, 1.807) is 12.3 Å². The van der Waals surface area contributed by atoms with Crippen LogP contribution in [0, 0.1) is 24.4 Å². The predicted octanol–water partition coefficient (Wildman–Crippen LogP) is 2.17. The van der Waals surface area contributed by atoms with Crippen LogP contribution in [-0.4, -0.2) is 23.3 Å². The van der Waals surface area contributed by atoms with Gasteiger partial charge in [-0.2, -0.15) is 0 Å². The van der Waals surface area contributed by atoms with Crippen LogP contribution in [0.3, 0.4) is 0 Å². The molecule has 0 bridgehead atoms. The van der Waals surface area contributed by atoms with Gasteiger partial charge < -0.3 is 10.6 Å². The average Bonchev–Trinajstić information content (AvgIpc) is 2.91. The van der Waals surface area contributed by atoms with E-state index in [0.717, 1.165) is 11.1 Å². The minimum atomic E-state index is -1.68. The fourth-order valence-corrected chi connectivity index (χ4v) is 2.32. The largest absolute Gasteiger partial charge is 0.347 e. The summed E-state index contributed by atoms with van der Waals surface area (Å²) in [5, 5.41) is 6.93. The smallest absolute Gasteiger partial charge is 0.243 e. The lowest BCUT2D eigenvalue weighted by molar-refractivity contribution is -0.123. The van der Waals surface area contributed by atoms with Crippen molar-refractivity contribution in [3.05, 3.63) is 45.7 Å². The molecule has 9 heteroatoms. The Bertz CT molecular complexity index is 749. The summed E-state index contributed by atoms with van der Waals surface area (Å²) >= 11 is 1.40. The second-order valence-corrected chi connectivity index (χ2v) is 5.64. The zero-order valence-electron chi connectivity index (χ0n) is 12.0. The monoisotopic (exact) mass is 343 g/mol. The van der Waals surface area contributed by atoms with Crippen molar-refractivity contribution in [2.24, 2.45) is 0 Å². The first-order chi connectivity index (χ1) is 10.9. The summed E-state index contributed by atoms with van der Waals surface area (Å²) in [6, 6.07) is 1.59. The zero-order chi connectivity index (χ0) is 17.0. The normalized spacial score (nSPS) is 10.4. The van der Waals surface area contributed by atoms with E-state index in [1.165, 1.54) is 11.3 Å². The van der Waals surface area contributed by atoms with Crippen LogP contribution in [0.25, 0.3) is 0 Å². The van der Waals surface area contributed by atoms with E-state index in [2.05, 4.69) is 15.6 Å². The fraction of sp³-hybridized carbons (Fsp3) is 0.214. The SMILES string of the molecule is Cc1nc(CC(=O)NCC(=O)Nc2ccc(F)c(F)c2F)cs1. The van der Waals surface area contributed by atoms with E-state index in [1.807, 2.05) is 0 Å². The van der Waals surface area contributed by atoms with Crippen LogP contribution >= 0.6 is 11.3 Å². The highest BCUT2D eigenvalue weighted by Gasteiger charge is 2.15. The van der Waals surface area contributed by atoms with Crippen molar-refractivity contribution in [2.45, 2.75) is 13.3 Å². The molecule has 23 heavy (non-hydrogen) atoms. The van der Waals surface area contributed by atoms with Crippen LogP contribution in [0.2, 0.25) is 0 Å². The first-order valence-corrected chi connectivity index (χ1v) is 7.36. The first-order valence-electron chi connectivity index (χ1n) is 6.48. The summed E-state index contributed by atoms with van der Waals surface area (Å²) in [6.07, 6.45) is 0.0111. The number of amides is 2. The molecule has 1 aromatic carbocycles. The number of halogens is 3. The van der Waals surface area contributed by atoms with Crippen molar-refractivity contribution in [3.8, 4) is 0 Å². The van der Waals surface area contributed by atoms with Crippen molar-refractivity contribution in [2.75, 3.05) is 11.9 Å². The maximum atomic E-state index is 13.4. The summed E-state index contributed by atoms with van der Waals surface area (Å²) in [5.74, 6) is -5.73. The molecule has 2 aromatic rings. The van der Waals surface area contributed by atoms with Crippen molar-refractivity contribution in [3.63, 3.8) is 0 Å². The number of carbonyl (C=O) groups excluding carboxylic acids is 2. The lowest BCUT2D eigenvalue weighted by Gasteiger charge is -2.08. The lowest BCUT2D eigenvalue weighted by atomic mass is 10.2. The summed E-state index contributed by atoms with van der Waals surface area (Å²) in [7, 11) is 0. The van der Waals surface area contributed by atoms with Crippen LogP contribution in [0.4, 0.5) is 18.9 Å². The molecule has 2 rings (SSSR count). The quantitative estimate of drug-likeness (QED) is 0.818. The highest BCUT2D eigenvalue weighted by Crippen LogP contribution is 2.19. The Morgan fingerprint density at radius 1 is 1.17 bits per heavy atom. The molecule has 0 spiro atoms. The number of anilines is 1. The van der Waals surface area contributed by atoms with Gasteiger partial charge in [-0.15, -0.1) is 11.3 Å². The average molecular weight is 343 g/mol. The van der Waals surface area contributed by atoms with Gasteiger partial charge in [-0.25, -0.2) is 18.2 Å². The summed E-state index contributed by atoms with van der Waals surface area (Å²) in [6.45, 7) is 1.37. The number of aryl methyl sites for hydroxylation is 1. The maximum absolute atomic E-state index is 13.4. The molecule has 5 nitrogen and oxygen atoms in total. The molecule has 0 aliphatic carbocycles. The third-order valence-corrected chi connectivity index (χ3v) is 3.59. The predicted molar refractivity (Wildman–Crippen MR) is 78.5 cm³/mol. The third kappa shape index (κ3) is 4.52. The summed E-state index contributed by atoms with van der Waals surface area (Å²) in [4.78, 5) is 27.3. The van der Waals surface area contributed by atoms with Gasteiger partial charge in [0.05, 0.1) is 29.4 Å². The van der Waals surface area contributed by atoms with Crippen LogP contribution in [0.5, 0.6) is 0 Å². The van der Waals surface area contributed by atoms with Crippen molar-refractivity contribution in [1.82, 2.24) is 10.3 Å². The Labute approximate surface area is 133 Å². The third-order valence-electron chi connectivity index (χ3n) is 2.76. The van der Waals surface area contributed by atoms with Crippen LogP contribution in [0.15, 0.2) is 17.5 Å². The number of nitrogens with zero attached hydrogens (tertiary/aromatic N) is 1. The minimum Gasteiger partial charge on any atom is -0.347 e. The Kier molecular flexibility index (Phi) is 5.32. The molecular formula is C14H12F3N3O2S. The number of nitrogens with one attached hydrogen (secondary N) is 2. The molecule has 0 fully saturated rings. The van der Waals surface area contributed by atoms with Crippen LogP contribution < -0.4 is 10.6 Å². The molecule has 2 amide bonds. The molecule has 0 aliphatic heterocycles. The lowest BCUT2D eigenvalue weighted by Crippen LogP contribution is -2.34. The van der Waals surface area contributed by atoms with E-state index in [-0.39, 0.29) is 6.42 Å². The minimum absolute atomic E-state index is 0.0111. The molecule has 0 saturated carbocycles. The summed E-state index contributed by atoms with van der Waals surface area (Å²) in [5.41, 5.74) is 0.0790. The molecule has 1 aromatic heterocycles. The molecule has 0 atom stereocenters. The zero-order valence-corrected chi connectivity index (χ0v) is 12.8.